The van der Waals surface area contributed by atoms with Crippen LogP contribution in [0.15, 0.2) is 24.3 Å². The number of benzene rings is 1. The number of amides is 3. The van der Waals surface area contributed by atoms with Crippen molar-refractivity contribution in [3.63, 3.8) is 0 Å². The fraction of sp³-hybridized carbons (Fsp3) is 0.529. The van der Waals surface area contributed by atoms with Crippen molar-refractivity contribution >= 4 is 11.9 Å². The molecule has 1 aromatic carbocycles. The van der Waals surface area contributed by atoms with E-state index < -0.39 is 5.82 Å². The van der Waals surface area contributed by atoms with Crippen LogP contribution in [-0.2, 0) is 0 Å². The molecule has 3 amide bonds. The minimum Gasteiger partial charge on any atom is -0.338 e. The Labute approximate surface area is 136 Å². The van der Waals surface area contributed by atoms with Gasteiger partial charge in [-0.1, -0.05) is 12.1 Å². The molecule has 1 heterocycles. The van der Waals surface area contributed by atoms with Gasteiger partial charge < -0.3 is 15.5 Å². The van der Waals surface area contributed by atoms with E-state index in [1.165, 1.54) is 12.1 Å². The Balaban J connectivity index is 1.85. The van der Waals surface area contributed by atoms with Crippen LogP contribution in [0, 0.1) is 5.82 Å². The van der Waals surface area contributed by atoms with Gasteiger partial charge in [0.1, 0.15) is 5.82 Å². The Morgan fingerprint density at radius 2 is 1.78 bits per heavy atom. The Kier molecular flexibility index (Phi) is 5.23. The van der Waals surface area contributed by atoms with Crippen LogP contribution in [-0.4, -0.2) is 41.5 Å². The first kappa shape index (κ1) is 17.2. The number of halogens is 1. The number of nitrogens with one attached hydrogen (secondary N) is 2. The van der Waals surface area contributed by atoms with Gasteiger partial charge in [-0.05, 0) is 45.7 Å². The van der Waals surface area contributed by atoms with Gasteiger partial charge in [0, 0.05) is 24.7 Å². The van der Waals surface area contributed by atoms with E-state index in [-0.39, 0.29) is 29.1 Å². The maximum Gasteiger partial charge on any atom is 0.315 e. The number of urea groups is 1. The molecule has 23 heavy (non-hydrogen) atoms. The molecule has 1 aliphatic heterocycles. The van der Waals surface area contributed by atoms with Crippen molar-refractivity contribution in [2.75, 3.05) is 13.1 Å². The van der Waals surface area contributed by atoms with Crippen molar-refractivity contribution in [1.82, 2.24) is 15.5 Å². The van der Waals surface area contributed by atoms with Crippen LogP contribution >= 0.6 is 0 Å². The Morgan fingerprint density at radius 3 is 2.35 bits per heavy atom. The number of rotatable bonds is 2. The Bertz CT molecular complexity index is 575. The number of carbonyl (C=O) groups is 2. The molecule has 0 radical (unpaired) electrons. The molecular formula is C17H24FN3O2. The van der Waals surface area contributed by atoms with Crippen molar-refractivity contribution < 1.29 is 14.0 Å². The molecule has 1 fully saturated rings. The van der Waals surface area contributed by atoms with Crippen LogP contribution in [0.2, 0.25) is 0 Å². The second-order valence-corrected chi connectivity index (χ2v) is 6.89. The van der Waals surface area contributed by atoms with E-state index >= 15 is 0 Å². The van der Waals surface area contributed by atoms with E-state index in [2.05, 4.69) is 10.6 Å². The molecule has 0 saturated carbocycles. The minimum absolute atomic E-state index is 0.0296. The van der Waals surface area contributed by atoms with Crippen LogP contribution in [0.1, 0.15) is 44.0 Å². The van der Waals surface area contributed by atoms with Crippen molar-refractivity contribution in [1.29, 1.82) is 0 Å². The first-order chi connectivity index (χ1) is 10.8. The van der Waals surface area contributed by atoms with E-state index in [0.717, 1.165) is 0 Å². The molecule has 0 unspecified atom stereocenters. The monoisotopic (exact) mass is 321 g/mol. The highest BCUT2D eigenvalue weighted by Crippen LogP contribution is 2.16. The molecule has 5 nitrogen and oxygen atoms in total. The van der Waals surface area contributed by atoms with Crippen LogP contribution in [0.25, 0.3) is 0 Å². The van der Waals surface area contributed by atoms with E-state index in [0.29, 0.717) is 25.9 Å². The maximum absolute atomic E-state index is 13.7. The van der Waals surface area contributed by atoms with Gasteiger partial charge in [0.15, 0.2) is 0 Å². The fourth-order valence-electron chi connectivity index (χ4n) is 2.59. The molecule has 0 bridgehead atoms. The first-order valence-corrected chi connectivity index (χ1v) is 7.89. The zero-order valence-electron chi connectivity index (χ0n) is 13.9. The normalized spacial score (nSPS) is 16.1. The van der Waals surface area contributed by atoms with Gasteiger partial charge in [-0.3, -0.25) is 4.79 Å². The van der Waals surface area contributed by atoms with Gasteiger partial charge in [0.25, 0.3) is 5.91 Å². The SMILES string of the molecule is CC(C)(C)NC(=O)NC1CCN(C(=O)c2ccccc2F)CC1. The lowest BCUT2D eigenvalue weighted by Gasteiger charge is -2.33. The number of hydrogen-bond acceptors (Lipinski definition) is 2. The summed E-state index contributed by atoms with van der Waals surface area (Å²) in [5.74, 6) is -0.789. The third kappa shape index (κ3) is 4.94. The Hall–Kier alpha value is -2.11. The predicted octanol–water partition coefficient (Wildman–Crippen LogP) is 2.53. The molecule has 126 valence electrons. The highest BCUT2D eigenvalue weighted by atomic mass is 19.1. The summed E-state index contributed by atoms with van der Waals surface area (Å²) < 4.78 is 13.7. The van der Waals surface area contributed by atoms with E-state index in [9.17, 15) is 14.0 Å². The quantitative estimate of drug-likeness (QED) is 0.879. The average Bonchev–Trinajstić information content (AvgIpc) is 2.46. The summed E-state index contributed by atoms with van der Waals surface area (Å²) in [5, 5.41) is 5.78. The van der Waals surface area contributed by atoms with Gasteiger partial charge in [-0.2, -0.15) is 0 Å². The summed E-state index contributed by atoms with van der Waals surface area (Å²) >= 11 is 0. The molecule has 1 saturated heterocycles. The van der Waals surface area contributed by atoms with Crippen molar-refractivity contribution in [2.24, 2.45) is 0 Å². The number of nitrogens with zero attached hydrogens (tertiary/aromatic N) is 1. The first-order valence-electron chi connectivity index (χ1n) is 7.89. The van der Waals surface area contributed by atoms with Crippen LogP contribution in [0.4, 0.5) is 9.18 Å². The fourth-order valence-corrected chi connectivity index (χ4v) is 2.59. The average molecular weight is 321 g/mol. The minimum atomic E-state index is -0.498. The maximum atomic E-state index is 13.7. The molecule has 6 heteroatoms. The summed E-state index contributed by atoms with van der Waals surface area (Å²) in [5.41, 5.74) is -0.185. The lowest BCUT2D eigenvalue weighted by molar-refractivity contribution is 0.0703. The summed E-state index contributed by atoms with van der Waals surface area (Å²) in [4.78, 5) is 25.8. The van der Waals surface area contributed by atoms with Gasteiger partial charge >= 0.3 is 6.03 Å². The number of likely N-dealkylation sites (tertiary alicyclic amines) is 1. The summed E-state index contributed by atoms with van der Waals surface area (Å²) in [6.45, 7) is 6.77. The third-order valence-corrected chi connectivity index (χ3v) is 3.71. The van der Waals surface area contributed by atoms with Crippen molar-refractivity contribution in [3.05, 3.63) is 35.6 Å². The van der Waals surface area contributed by atoms with E-state index in [1.54, 1.807) is 17.0 Å². The van der Waals surface area contributed by atoms with Gasteiger partial charge in [-0.15, -0.1) is 0 Å². The zero-order valence-corrected chi connectivity index (χ0v) is 13.9. The summed E-state index contributed by atoms with van der Waals surface area (Å²) in [6, 6.07) is 5.84. The molecule has 0 aliphatic carbocycles. The molecule has 0 spiro atoms. The molecule has 0 aromatic heterocycles. The highest BCUT2D eigenvalue weighted by Gasteiger charge is 2.26. The lowest BCUT2D eigenvalue weighted by Crippen LogP contribution is -2.52. The topological polar surface area (TPSA) is 61.4 Å². The second kappa shape index (κ2) is 6.98. The number of piperidine rings is 1. The molecule has 2 N–H and O–H groups in total. The van der Waals surface area contributed by atoms with E-state index in [1.807, 2.05) is 20.8 Å². The van der Waals surface area contributed by atoms with Crippen LogP contribution in [0.5, 0.6) is 0 Å². The third-order valence-electron chi connectivity index (χ3n) is 3.71. The van der Waals surface area contributed by atoms with Gasteiger partial charge in [0.05, 0.1) is 5.56 Å². The van der Waals surface area contributed by atoms with Crippen molar-refractivity contribution in [2.45, 2.75) is 45.2 Å². The van der Waals surface area contributed by atoms with Crippen molar-refractivity contribution in [3.8, 4) is 0 Å². The number of carbonyl (C=O) groups excluding carboxylic acids is 2. The van der Waals surface area contributed by atoms with Gasteiger partial charge in [0.2, 0.25) is 0 Å². The number of hydrogen-bond donors (Lipinski definition) is 2. The molecular weight excluding hydrogens is 297 g/mol. The Morgan fingerprint density at radius 1 is 1.17 bits per heavy atom. The van der Waals surface area contributed by atoms with Crippen LogP contribution < -0.4 is 10.6 Å². The van der Waals surface area contributed by atoms with Gasteiger partial charge in [-0.25, -0.2) is 9.18 Å². The zero-order chi connectivity index (χ0) is 17.0. The van der Waals surface area contributed by atoms with Crippen LogP contribution in [0.3, 0.4) is 0 Å². The summed E-state index contributed by atoms with van der Waals surface area (Å²) in [6.07, 6.45) is 1.33. The standard InChI is InChI=1S/C17H24FN3O2/c1-17(2,3)20-16(23)19-12-8-10-21(11-9-12)15(22)13-6-4-5-7-14(13)18/h4-7,12H,8-11H2,1-3H3,(H2,19,20,23). The molecule has 1 aromatic rings. The lowest BCUT2D eigenvalue weighted by atomic mass is 10.0. The molecule has 2 rings (SSSR count). The predicted molar refractivity (Wildman–Crippen MR) is 86.7 cm³/mol. The largest absolute Gasteiger partial charge is 0.338 e. The smallest absolute Gasteiger partial charge is 0.315 e. The summed E-state index contributed by atoms with van der Waals surface area (Å²) in [7, 11) is 0. The van der Waals surface area contributed by atoms with E-state index in [4.69, 9.17) is 0 Å². The molecule has 0 atom stereocenters. The highest BCUT2D eigenvalue weighted by molar-refractivity contribution is 5.94. The second-order valence-electron chi connectivity index (χ2n) is 6.89. The molecule has 1 aliphatic rings.